The molecule has 0 bridgehead atoms. The number of ether oxygens (including phenoxy) is 1. The third-order valence-corrected chi connectivity index (χ3v) is 6.19. The highest BCUT2D eigenvalue weighted by Crippen LogP contribution is 2.36. The number of para-hydroxylation sites is 1. The number of rotatable bonds is 5. The van der Waals surface area contributed by atoms with E-state index in [0.717, 1.165) is 31.8 Å². The summed E-state index contributed by atoms with van der Waals surface area (Å²) in [6.45, 7) is 1.89. The van der Waals surface area contributed by atoms with Crippen LogP contribution >= 0.6 is 11.3 Å². The number of anilines is 1. The predicted molar refractivity (Wildman–Crippen MR) is 125 cm³/mol. The van der Waals surface area contributed by atoms with E-state index < -0.39 is 0 Å². The second-order valence-electron chi connectivity index (χ2n) is 7.38. The Labute approximate surface area is 187 Å². The number of nitrogens with zero attached hydrogens (tertiary/aromatic N) is 1. The van der Waals surface area contributed by atoms with Gasteiger partial charge in [0.1, 0.15) is 22.7 Å². The maximum atomic E-state index is 13.3. The summed E-state index contributed by atoms with van der Waals surface area (Å²) >= 11 is 1.45. The smallest absolute Gasteiger partial charge is 0.229 e. The van der Waals surface area contributed by atoms with Gasteiger partial charge in [-0.1, -0.05) is 18.2 Å². The van der Waals surface area contributed by atoms with Gasteiger partial charge in [0.2, 0.25) is 5.91 Å². The number of nitrogens with one attached hydrogen (secondary N) is 1. The van der Waals surface area contributed by atoms with Crippen molar-refractivity contribution in [2.45, 2.75) is 13.3 Å². The number of hydrogen-bond acceptors (Lipinski definition) is 5. The molecule has 0 unspecified atom stereocenters. The van der Waals surface area contributed by atoms with E-state index in [9.17, 15) is 9.18 Å². The van der Waals surface area contributed by atoms with Crippen LogP contribution in [0.5, 0.6) is 5.75 Å². The number of halogens is 1. The van der Waals surface area contributed by atoms with Gasteiger partial charge in [-0.3, -0.25) is 4.79 Å². The van der Waals surface area contributed by atoms with E-state index in [1.807, 2.05) is 37.3 Å². The number of fused-ring (bicyclic) bond motifs is 3. The second kappa shape index (κ2) is 8.09. The first kappa shape index (κ1) is 20.2. The van der Waals surface area contributed by atoms with Crippen molar-refractivity contribution in [3.05, 3.63) is 76.4 Å². The van der Waals surface area contributed by atoms with Crippen molar-refractivity contribution in [1.29, 1.82) is 0 Å². The van der Waals surface area contributed by atoms with Gasteiger partial charge in [0.15, 0.2) is 0 Å². The molecular weight excluding hydrogens is 427 g/mol. The Balaban J connectivity index is 1.44. The van der Waals surface area contributed by atoms with Crippen LogP contribution < -0.4 is 10.1 Å². The molecule has 5 rings (SSSR count). The molecule has 3 aromatic carbocycles. The van der Waals surface area contributed by atoms with Crippen LogP contribution in [0.2, 0.25) is 0 Å². The van der Waals surface area contributed by atoms with Crippen LogP contribution in [-0.2, 0) is 11.2 Å². The van der Waals surface area contributed by atoms with E-state index >= 15 is 0 Å². The molecule has 0 saturated heterocycles. The molecule has 2 aromatic heterocycles. The van der Waals surface area contributed by atoms with Crippen LogP contribution in [0, 0.1) is 12.7 Å². The molecule has 1 amide bonds. The van der Waals surface area contributed by atoms with Crippen molar-refractivity contribution in [2.24, 2.45) is 0 Å². The quantitative estimate of drug-likeness (QED) is 0.342. The number of furan rings is 1. The molecule has 32 heavy (non-hydrogen) atoms. The van der Waals surface area contributed by atoms with Crippen LogP contribution in [0.25, 0.3) is 33.2 Å². The van der Waals surface area contributed by atoms with Gasteiger partial charge in [0.25, 0.3) is 0 Å². The molecule has 0 fully saturated rings. The van der Waals surface area contributed by atoms with Crippen molar-refractivity contribution >= 4 is 44.9 Å². The van der Waals surface area contributed by atoms with Crippen molar-refractivity contribution in [3.8, 4) is 17.0 Å². The Morgan fingerprint density at radius 2 is 1.88 bits per heavy atom. The van der Waals surface area contributed by atoms with Gasteiger partial charge in [-0.2, -0.15) is 0 Å². The van der Waals surface area contributed by atoms with Gasteiger partial charge in [-0.15, -0.1) is 11.3 Å². The van der Waals surface area contributed by atoms with E-state index in [1.54, 1.807) is 25.3 Å². The fraction of sp³-hybridized carbons (Fsp3) is 0.120. The maximum absolute atomic E-state index is 13.3. The Bertz CT molecular complexity index is 1450. The number of aromatic nitrogens is 1. The van der Waals surface area contributed by atoms with Gasteiger partial charge >= 0.3 is 0 Å². The molecule has 5 nitrogen and oxygen atoms in total. The number of benzene rings is 3. The fourth-order valence-corrected chi connectivity index (χ4v) is 4.74. The first-order valence-corrected chi connectivity index (χ1v) is 10.8. The van der Waals surface area contributed by atoms with E-state index in [4.69, 9.17) is 9.15 Å². The highest BCUT2D eigenvalue weighted by atomic mass is 32.1. The second-order valence-corrected chi connectivity index (χ2v) is 8.67. The fourth-order valence-electron chi connectivity index (χ4n) is 3.78. The van der Waals surface area contributed by atoms with E-state index in [-0.39, 0.29) is 18.1 Å². The summed E-state index contributed by atoms with van der Waals surface area (Å²) in [6, 6.07) is 17.5. The molecule has 0 spiro atoms. The number of amides is 1. The summed E-state index contributed by atoms with van der Waals surface area (Å²) in [7, 11) is 1.57. The Morgan fingerprint density at radius 3 is 2.66 bits per heavy atom. The van der Waals surface area contributed by atoms with E-state index in [0.29, 0.717) is 22.7 Å². The van der Waals surface area contributed by atoms with Crippen LogP contribution in [0.15, 0.2) is 65.1 Å². The largest absolute Gasteiger partial charge is 0.495 e. The molecule has 160 valence electrons. The van der Waals surface area contributed by atoms with Crippen LogP contribution in [0.1, 0.15) is 9.88 Å². The highest BCUT2D eigenvalue weighted by Gasteiger charge is 2.18. The molecule has 0 aliphatic carbocycles. The van der Waals surface area contributed by atoms with Crippen molar-refractivity contribution < 1.29 is 18.3 Å². The van der Waals surface area contributed by atoms with Crippen molar-refractivity contribution in [2.75, 3.05) is 12.4 Å². The topological polar surface area (TPSA) is 64.4 Å². The van der Waals surface area contributed by atoms with Gasteiger partial charge in [0, 0.05) is 27.3 Å². The van der Waals surface area contributed by atoms with E-state index in [2.05, 4.69) is 10.3 Å². The third-order valence-electron chi connectivity index (χ3n) is 5.22. The Morgan fingerprint density at radius 1 is 1.09 bits per heavy atom. The summed E-state index contributed by atoms with van der Waals surface area (Å²) in [6.07, 6.45) is 0.138. The van der Waals surface area contributed by atoms with Crippen molar-refractivity contribution in [1.82, 2.24) is 4.98 Å². The molecule has 1 N–H and O–H groups in total. The lowest BCUT2D eigenvalue weighted by molar-refractivity contribution is -0.115. The molecule has 7 heteroatoms. The molecular formula is C25H19FN2O3S. The number of hydrogen-bond donors (Lipinski definition) is 1. The zero-order valence-corrected chi connectivity index (χ0v) is 18.3. The zero-order chi connectivity index (χ0) is 22.2. The molecule has 5 aromatic rings. The summed E-state index contributed by atoms with van der Waals surface area (Å²) < 4.78 is 24.8. The summed E-state index contributed by atoms with van der Waals surface area (Å²) in [5.74, 6) is 0.0375. The van der Waals surface area contributed by atoms with Crippen LogP contribution in [0.4, 0.5) is 10.1 Å². The average molecular weight is 447 g/mol. The number of carbonyl (C=O) groups is 1. The van der Waals surface area contributed by atoms with Gasteiger partial charge in [-0.25, -0.2) is 9.37 Å². The molecule has 0 radical (unpaired) electrons. The van der Waals surface area contributed by atoms with Gasteiger partial charge in [-0.05, 0) is 43.3 Å². The number of aryl methyl sites for hydroxylation is 1. The lowest BCUT2D eigenvalue weighted by Gasteiger charge is -2.10. The highest BCUT2D eigenvalue weighted by molar-refractivity contribution is 7.12. The lowest BCUT2D eigenvalue weighted by atomic mass is 10.1. The van der Waals surface area contributed by atoms with Gasteiger partial charge in [0.05, 0.1) is 29.9 Å². The molecule has 0 atom stereocenters. The molecule has 0 aliphatic heterocycles. The lowest BCUT2D eigenvalue weighted by Crippen LogP contribution is -2.14. The SMILES string of the molecule is COc1cc2c(cc1NC(=O)Cc1sc(C)nc1-c1ccc(F)cc1)oc1ccccc12. The summed E-state index contributed by atoms with van der Waals surface area (Å²) in [5.41, 5.74) is 3.45. The summed E-state index contributed by atoms with van der Waals surface area (Å²) in [5, 5.41) is 5.69. The normalized spacial score (nSPS) is 11.2. The number of thiazole rings is 1. The standard InChI is InChI=1S/C25H19FN2O3S/c1-14-27-25(15-7-9-16(26)10-8-15)23(32-14)13-24(29)28-19-12-21-18(11-22(19)30-2)17-5-3-4-6-20(17)31-21/h3-12H,13H2,1-2H3,(H,28,29). The zero-order valence-electron chi connectivity index (χ0n) is 17.4. The molecule has 2 heterocycles. The first-order valence-electron chi connectivity index (χ1n) is 10.0. The van der Waals surface area contributed by atoms with Crippen LogP contribution in [-0.4, -0.2) is 18.0 Å². The summed E-state index contributed by atoms with van der Waals surface area (Å²) in [4.78, 5) is 18.3. The molecule has 0 aliphatic rings. The predicted octanol–water partition coefficient (Wildman–Crippen LogP) is 6.35. The third kappa shape index (κ3) is 3.71. The number of carbonyl (C=O) groups excluding carboxylic acids is 1. The molecule has 0 saturated carbocycles. The average Bonchev–Trinajstić information content (AvgIpc) is 3.32. The minimum Gasteiger partial charge on any atom is -0.495 e. The van der Waals surface area contributed by atoms with Crippen LogP contribution in [0.3, 0.4) is 0 Å². The monoisotopic (exact) mass is 446 g/mol. The van der Waals surface area contributed by atoms with E-state index in [1.165, 1.54) is 23.5 Å². The number of methoxy groups -OCH3 is 1. The Hall–Kier alpha value is -3.71. The first-order chi connectivity index (χ1) is 15.5. The minimum absolute atomic E-state index is 0.138. The minimum atomic E-state index is -0.312. The maximum Gasteiger partial charge on any atom is 0.229 e. The van der Waals surface area contributed by atoms with Gasteiger partial charge < -0.3 is 14.5 Å². The Kier molecular flexibility index (Phi) is 5.11. The van der Waals surface area contributed by atoms with Crippen molar-refractivity contribution in [3.63, 3.8) is 0 Å².